The van der Waals surface area contributed by atoms with Crippen molar-refractivity contribution in [3.63, 3.8) is 0 Å². The number of carbonyl (C=O) groups is 1. The van der Waals surface area contributed by atoms with Crippen LogP contribution in [0.5, 0.6) is 0 Å². The summed E-state index contributed by atoms with van der Waals surface area (Å²) in [5, 5.41) is 12.8. The summed E-state index contributed by atoms with van der Waals surface area (Å²) in [6.45, 7) is 9.94. The highest BCUT2D eigenvalue weighted by Crippen LogP contribution is 2.29. The molecular weight excluding hydrogens is 278 g/mol. The number of carbonyl (C=O) groups excluding carboxylic acids is 1. The molecule has 0 saturated heterocycles. The number of hydrogen-bond acceptors (Lipinski definition) is 3. The minimum absolute atomic E-state index is 0.0138. The fourth-order valence-corrected chi connectivity index (χ4v) is 2.57. The van der Waals surface area contributed by atoms with Crippen LogP contribution in [0.1, 0.15) is 51.7 Å². The Kier molecular flexibility index (Phi) is 6.42. The van der Waals surface area contributed by atoms with E-state index in [2.05, 4.69) is 18.3 Å². The van der Waals surface area contributed by atoms with E-state index < -0.39 is 17.1 Å². The van der Waals surface area contributed by atoms with Crippen molar-refractivity contribution in [1.82, 2.24) is 5.32 Å². The second kappa shape index (κ2) is 7.63. The Morgan fingerprint density at radius 2 is 2.00 bits per heavy atom. The van der Waals surface area contributed by atoms with Gasteiger partial charge in [-0.15, -0.1) is 0 Å². The molecule has 1 atom stereocenters. The third-order valence-electron chi connectivity index (χ3n) is 3.63. The number of ether oxygens (including phenoxy) is 1. The minimum atomic E-state index is -0.528. The number of aryl methyl sites for hydroxylation is 1. The molecule has 0 heterocycles. The molecule has 1 unspecified atom stereocenters. The van der Waals surface area contributed by atoms with Gasteiger partial charge in [0.05, 0.1) is 6.61 Å². The van der Waals surface area contributed by atoms with Crippen molar-refractivity contribution in [2.24, 2.45) is 0 Å². The Bertz CT molecular complexity index is 493. The van der Waals surface area contributed by atoms with Gasteiger partial charge >= 0.3 is 6.09 Å². The number of aliphatic hydroxyl groups is 1. The number of benzene rings is 1. The van der Waals surface area contributed by atoms with Gasteiger partial charge in [0.25, 0.3) is 0 Å². The number of aliphatic hydroxyl groups excluding tert-OH is 1. The van der Waals surface area contributed by atoms with E-state index >= 15 is 0 Å². The summed E-state index contributed by atoms with van der Waals surface area (Å²) in [5.41, 5.74) is 1.19. The normalized spacial score (nSPS) is 14.3. The van der Waals surface area contributed by atoms with E-state index in [1.807, 2.05) is 45.9 Å². The number of amides is 1. The fourth-order valence-electron chi connectivity index (χ4n) is 2.57. The van der Waals surface area contributed by atoms with Gasteiger partial charge in [0, 0.05) is 12.0 Å². The first-order chi connectivity index (χ1) is 10.2. The Hall–Kier alpha value is -1.55. The van der Waals surface area contributed by atoms with E-state index in [1.54, 1.807) is 0 Å². The van der Waals surface area contributed by atoms with Crippen molar-refractivity contribution in [2.75, 3.05) is 13.2 Å². The van der Waals surface area contributed by atoms with Crippen LogP contribution in [0.3, 0.4) is 0 Å². The van der Waals surface area contributed by atoms with E-state index in [0.717, 1.165) is 24.0 Å². The molecule has 0 aliphatic rings. The third kappa shape index (κ3) is 5.34. The Balaban J connectivity index is 2.91. The highest BCUT2D eigenvalue weighted by atomic mass is 16.6. The average molecular weight is 307 g/mol. The topological polar surface area (TPSA) is 58.6 Å². The molecule has 0 aromatic heterocycles. The molecule has 22 heavy (non-hydrogen) atoms. The lowest BCUT2D eigenvalue weighted by molar-refractivity contribution is 0.0500. The molecule has 0 aliphatic heterocycles. The van der Waals surface area contributed by atoms with Crippen LogP contribution in [0.15, 0.2) is 24.3 Å². The first kappa shape index (κ1) is 18.5. The van der Waals surface area contributed by atoms with Crippen LogP contribution in [0.25, 0.3) is 0 Å². The summed E-state index contributed by atoms with van der Waals surface area (Å²) in [7, 11) is 0. The van der Waals surface area contributed by atoms with Gasteiger partial charge in [-0.3, -0.25) is 0 Å². The molecule has 0 radical (unpaired) electrons. The maximum atomic E-state index is 11.9. The molecule has 124 valence electrons. The van der Waals surface area contributed by atoms with Crippen LogP contribution >= 0.6 is 0 Å². The van der Waals surface area contributed by atoms with Crippen molar-refractivity contribution in [1.29, 1.82) is 0 Å². The standard InChI is InChI=1S/C18H29NO3/c1-6-10-18(13-20,15-9-7-8-14(2)11-15)12-19-16(21)22-17(3,4)5/h7-9,11,20H,6,10,12-13H2,1-5H3,(H,19,21). The van der Waals surface area contributed by atoms with Crippen molar-refractivity contribution < 1.29 is 14.6 Å². The summed E-state index contributed by atoms with van der Waals surface area (Å²) < 4.78 is 5.28. The van der Waals surface area contributed by atoms with Crippen LogP contribution in [0.2, 0.25) is 0 Å². The predicted molar refractivity (Wildman–Crippen MR) is 89.1 cm³/mol. The summed E-state index contributed by atoms with van der Waals surface area (Å²) >= 11 is 0. The van der Waals surface area contributed by atoms with Crippen LogP contribution < -0.4 is 5.32 Å². The zero-order chi connectivity index (χ0) is 16.8. The van der Waals surface area contributed by atoms with Crippen molar-refractivity contribution in [2.45, 2.75) is 58.5 Å². The molecule has 4 heteroatoms. The molecule has 0 aliphatic carbocycles. The number of hydrogen-bond donors (Lipinski definition) is 2. The Morgan fingerprint density at radius 1 is 1.32 bits per heavy atom. The van der Waals surface area contributed by atoms with Crippen LogP contribution in [0.4, 0.5) is 4.79 Å². The predicted octanol–water partition coefficient (Wildman–Crippen LogP) is 3.55. The fraction of sp³-hybridized carbons (Fsp3) is 0.611. The van der Waals surface area contributed by atoms with Crippen molar-refractivity contribution in [3.05, 3.63) is 35.4 Å². The van der Waals surface area contributed by atoms with Crippen molar-refractivity contribution in [3.8, 4) is 0 Å². The quantitative estimate of drug-likeness (QED) is 0.845. The first-order valence-corrected chi connectivity index (χ1v) is 7.87. The molecule has 1 aromatic carbocycles. The zero-order valence-corrected chi connectivity index (χ0v) is 14.4. The lowest BCUT2D eigenvalue weighted by atomic mass is 9.77. The highest BCUT2D eigenvalue weighted by Gasteiger charge is 2.32. The smallest absolute Gasteiger partial charge is 0.407 e. The van der Waals surface area contributed by atoms with E-state index in [1.165, 1.54) is 0 Å². The average Bonchev–Trinajstić information content (AvgIpc) is 2.41. The minimum Gasteiger partial charge on any atom is -0.444 e. The molecule has 0 spiro atoms. The molecule has 0 bridgehead atoms. The monoisotopic (exact) mass is 307 g/mol. The number of nitrogens with one attached hydrogen (secondary N) is 1. The van der Waals surface area contributed by atoms with E-state index in [4.69, 9.17) is 4.74 Å². The molecule has 1 amide bonds. The van der Waals surface area contributed by atoms with Gasteiger partial charge in [-0.1, -0.05) is 43.2 Å². The summed E-state index contributed by atoms with van der Waals surface area (Å²) in [6, 6.07) is 8.09. The third-order valence-corrected chi connectivity index (χ3v) is 3.63. The van der Waals surface area contributed by atoms with Gasteiger partial charge in [0.1, 0.15) is 5.60 Å². The summed E-state index contributed by atoms with van der Waals surface area (Å²) in [4.78, 5) is 11.9. The van der Waals surface area contributed by atoms with Gasteiger partial charge in [0.15, 0.2) is 0 Å². The Morgan fingerprint density at radius 3 is 2.50 bits per heavy atom. The highest BCUT2D eigenvalue weighted by molar-refractivity contribution is 5.67. The van der Waals surface area contributed by atoms with Gasteiger partial charge in [0.2, 0.25) is 0 Å². The van der Waals surface area contributed by atoms with Gasteiger partial charge in [-0.05, 0) is 39.7 Å². The number of alkyl carbamates (subject to hydrolysis) is 1. The van der Waals surface area contributed by atoms with E-state index in [0.29, 0.717) is 6.54 Å². The van der Waals surface area contributed by atoms with Crippen molar-refractivity contribution >= 4 is 6.09 Å². The summed E-state index contributed by atoms with van der Waals surface area (Å²) in [5.74, 6) is 0. The van der Waals surface area contributed by atoms with Gasteiger partial charge in [-0.2, -0.15) is 0 Å². The van der Waals surface area contributed by atoms with Crippen LogP contribution in [-0.4, -0.2) is 30.0 Å². The number of rotatable bonds is 6. The molecule has 0 fully saturated rings. The molecule has 4 nitrogen and oxygen atoms in total. The SMILES string of the molecule is CCCC(CO)(CNC(=O)OC(C)(C)C)c1cccc(C)c1. The maximum Gasteiger partial charge on any atom is 0.407 e. The lowest BCUT2D eigenvalue weighted by Gasteiger charge is -2.33. The second-order valence-corrected chi connectivity index (χ2v) is 6.91. The zero-order valence-electron chi connectivity index (χ0n) is 14.4. The van der Waals surface area contributed by atoms with E-state index in [9.17, 15) is 9.90 Å². The summed E-state index contributed by atoms with van der Waals surface area (Å²) in [6.07, 6.45) is 1.27. The van der Waals surface area contributed by atoms with E-state index in [-0.39, 0.29) is 6.61 Å². The van der Waals surface area contributed by atoms with Crippen LogP contribution in [-0.2, 0) is 10.2 Å². The van der Waals surface area contributed by atoms with Gasteiger partial charge in [-0.25, -0.2) is 4.79 Å². The Labute approximate surface area is 133 Å². The second-order valence-electron chi connectivity index (χ2n) is 6.91. The molecule has 0 saturated carbocycles. The van der Waals surface area contributed by atoms with Crippen LogP contribution in [0, 0.1) is 6.92 Å². The van der Waals surface area contributed by atoms with Gasteiger partial charge < -0.3 is 15.2 Å². The largest absolute Gasteiger partial charge is 0.444 e. The lowest BCUT2D eigenvalue weighted by Crippen LogP contribution is -2.45. The maximum absolute atomic E-state index is 11.9. The molecule has 1 rings (SSSR count). The molecule has 2 N–H and O–H groups in total. The molecule has 1 aromatic rings. The molecular formula is C18H29NO3. The first-order valence-electron chi connectivity index (χ1n) is 7.87.